The third-order valence-electron chi connectivity index (χ3n) is 12.4. The van der Waals surface area contributed by atoms with E-state index < -0.39 is 11.0 Å². The van der Waals surface area contributed by atoms with E-state index in [1.54, 1.807) is 41.5 Å². The first-order valence-electron chi connectivity index (χ1n) is 15.1. The van der Waals surface area contributed by atoms with Gasteiger partial charge in [-0.1, -0.05) is 56.0 Å². The molecule has 0 amide bonds. The summed E-state index contributed by atoms with van der Waals surface area (Å²) < 4.78 is 7.85. The van der Waals surface area contributed by atoms with Crippen molar-refractivity contribution in [3.8, 4) is 0 Å². The number of aromatic nitrogens is 1. The van der Waals surface area contributed by atoms with Gasteiger partial charge in [0.15, 0.2) is 10.1 Å². The van der Waals surface area contributed by atoms with Crippen molar-refractivity contribution in [2.75, 3.05) is 5.75 Å². The third-order valence-corrected chi connectivity index (χ3v) is 14.8. The van der Waals surface area contributed by atoms with E-state index in [1.165, 1.54) is 4.70 Å². The monoisotopic (exact) mass is 587 g/mol. The quantitative estimate of drug-likeness (QED) is 0.183. The molecule has 7 heteroatoms. The number of allylic oxidation sites excluding steroid dienone is 4. The Morgan fingerprint density at radius 2 is 1.83 bits per heavy atom. The number of Topliss-reactive ketones (excluding diaryl/α,β-unsaturated/α-hetero) is 1. The molecule has 41 heavy (non-hydrogen) atoms. The van der Waals surface area contributed by atoms with E-state index in [1.807, 2.05) is 18.2 Å². The van der Waals surface area contributed by atoms with Crippen LogP contribution in [0.25, 0.3) is 10.2 Å². The summed E-state index contributed by atoms with van der Waals surface area (Å²) in [5, 5.41) is 23.3. The van der Waals surface area contributed by atoms with E-state index in [0.717, 1.165) is 54.0 Å². The minimum Gasteiger partial charge on any atom is -0.461 e. The molecule has 3 saturated carbocycles. The number of furan rings is 1. The number of para-hydroxylation sites is 1. The van der Waals surface area contributed by atoms with Crippen LogP contribution in [-0.4, -0.2) is 38.4 Å². The highest BCUT2D eigenvalue weighted by atomic mass is 32.2. The molecule has 214 valence electrons. The highest BCUT2D eigenvalue weighted by Crippen LogP contribution is 2.78. The predicted octanol–water partition coefficient (Wildman–Crippen LogP) is 7.46. The number of benzene rings is 1. The smallest absolute Gasteiger partial charge is 0.224 e. The van der Waals surface area contributed by atoms with Crippen LogP contribution in [-0.2, 0) is 0 Å². The molecule has 0 radical (unpaired) electrons. The van der Waals surface area contributed by atoms with E-state index in [-0.39, 0.29) is 40.0 Å². The van der Waals surface area contributed by atoms with Gasteiger partial charge in [-0.05, 0) is 86.5 Å². The number of hydrogen-bond acceptors (Lipinski definition) is 7. The Morgan fingerprint density at radius 1 is 1.05 bits per heavy atom. The minimum absolute atomic E-state index is 0.0330. The summed E-state index contributed by atoms with van der Waals surface area (Å²) in [5.41, 5.74) is -0.182. The summed E-state index contributed by atoms with van der Waals surface area (Å²) in [6.45, 7) is 4.71. The minimum atomic E-state index is -0.859. The lowest BCUT2D eigenvalue weighted by Gasteiger charge is -2.71. The fraction of sp³-hybridized carbons (Fsp3) is 0.529. The lowest BCUT2D eigenvalue weighted by molar-refractivity contribution is -0.166. The highest BCUT2D eigenvalue weighted by molar-refractivity contribution is 8.01. The lowest BCUT2D eigenvalue weighted by Crippen LogP contribution is -2.67. The molecule has 5 nitrogen and oxygen atoms in total. The van der Waals surface area contributed by atoms with Crippen LogP contribution >= 0.6 is 23.1 Å². The zero-order valence-corrected chi connectivity index (χ0v) is 25.3. The van der Waals surface area contributed by atoms with Crippen LogP contribution in [0.5, 0.6) is 0 Å². The van der Waals surface area contributed by atoms with Crippen molar-refractivity contribution in [1.82, 2.24) is 4.98 Å². The Bertz CT molecular complexity index is 1580. The van der Waals surface area contributed by atoms with Crippen molar-refractivity contribution in [3.05, 3.63) is 72.2 Å². The number of fused-ring (bicyclic) bond motifs is 2. The highest BCUT2D eigenvalue weighted by Gasteiger charge is 2.74. The average Bonchev–Trinajstić information content (AvgIpc) is 3.70. The van der Waals surface area contributed by atoms with Gasteiger partial charge >= 0.3 is 0 Å². The second-order valence-corrected chi connectivity index (χ2v) is 16.1. The van der Waals surface area contributed by atoms with Crippen molar-refractivity contribution in [1.29, 1.82) is 0 Å². The molecule has 8 atom stereocenters. The maximum absolute atomic E-state index is 14.3. The number of thioether (sulfide) groups is 1. The van der Waals surface area contributed by atoms with Gasteiger partial charge in [0, 0.05) is 27.6 Å². The van der Waals surface area contributed by atoms with Gasteiger partial charge in [-0.25, -0.2) is 4.98 Å². The Hall–Kier alpha value is -2.19. The first-order chi connectivity index (χ1) is 19.6. The number of carbonyl (C=O) groups excluding carboxylic acids is 1. The van der Waals surface area contributed by atoms with Gasteiger partial charge in [-0.3, -0.25) is 4.79 Å². The van der Waals surface area contributed by atoms with Crippen molar-refractivity contribution in [2.45, 2.75) is 74.8 Å². The Morgan fingerprint density at radius 3 is 2.63 bits per heavy atom. The number of nitrogens with zero attached hydrogens (tertiary/aromatic N) is 1. The first-order valence-corrected chi connectivity index (χ1v) is 16.9. The van der Waals surface area contributed by atoms with Crippen molar-refractivity contribution in [3.63, 3.8) is 0 Å². The number of ketones is 1. The van der Waals surface area contributed by atoms with Crippen LogP contribution in [0.3, 0.4) is 0 Å². The van der Waals surface area contributed by atoms with Gasteiger partial charge < -0.3 is 14.6 Å². The zero-order chi connectivity index (χ0) is 28.3. The topological polar surface area (TPSA) is 83.6 Å². The number of hydrogen-bond donors (Lipinski definition) is 2. The summed E-state index contributed by atoms with van der Waals surface area (Å²) in [6, 6.07) is 11.8. The van der Waals surface area contributed by atoms with E-state index in [4.69, 9.17) is 9.40 Å². The van der Waals surface area contributed by atoms with Crippen LogP contribution in [0.15, 0.2) is 75.2 Å². The maximum Gasteiger partial charge on any atom is 0.224 e. The number of aliphatic hydroxyl groups is 2. The molecular formula is C34H37NO4S2. The molecule has 2 bridgehead atoms. The second-order valence-electron chi connectivity index (χ2n) is 13.9. The number of rotatable bonds is 5. The second kappa shape index (κ2) is 8.68. The van der Waals surface area contributed by atoms with Gasteiger partial charge in [-0.15, -0.1) is 11.3 Å². The van der Waals surface area contributed by atoms with Crippen molar-refractivity contribution < 1.29 is 19.4 Å². The van der Waals surface area contributed by atoms with E-state index in [9.17, 15) is 15.0 Å². The van der Waals surface area contributed by atoms with Gasteiger partial charge in [0.1, 0.15) is 0 Å². The normalized spacial score (nSPS) is 42.5. The van der Waals surface area contributed by atoms with Gasteiger partial charge in [0.25, 0.3) is 0 Å². The Labute approximate surface area is 249 Å². The molecule has 2 N–H and O–H groups in total. The summed E-state index contributed by atoms with van der Waals surface area (Å²) in [7, 11) is 0. The lowest BCUT2D eigenvalue weighted by atomic mass is 9.32. The number of thiazole rings is 1. The van der Waals surface area contributed by atoms with Crippen LogP contribution in [0, 0.1) is 33.5 Å². The first kappa shape index (κ1) is 26.4. The molecule has 8 unspecified atom stereocenters. The summed E-state index contributed by atoms with van der Waals surface area (Å²) in [6.07, 6.45) is 14.1. The van der Waals surface area contributed by atoms with E-state index >= 15 is 0 Å². The summed E-state index contributed by atoms with van der Waals surface area (Å²) >= 11 is 3.37. The average molecular weight is 588 g/mol. The van der Waals surface area contributed by atoms with Gasteiger partial charge in [-0.2, -0.15) is 0 Å². The number of carbonyl (C=O) groups is 1. The van der Waals surface area contributed by atoms with Crippen molar-refractivity contribution >= 4 is 39.1 Å². The molecule has 3 fully saturated rings. The Balaban J connectivity index is 1.20. The molecule has 6 aliphatic carbocycles. The molecule has 9 rings (SSSR count). The molecule has 3 aromatic rings. The van der Waals surface area contributed by atoms with Crippen LogP contribution in [0.4, 0.5) is 0 Å². The molecule has 2 spiro atoms. The molecular weight excluding hydrogens is 551 g/mol. The maximum atomic E-state index is 14.3. The van der Waals surface area contributed by atoms with Crippen LogP contribution in [0.2, 0.25) is 0 Å². The zero-order valence-electron chi connectivity index (χ0n) is 23.6. The van der Waals surface area contributed by atoms with E-state index in [2.05, 4.69) is 38.1 Å². The van der Waals surface area contributed by atoms with Gasteiger partial charge in [0.2, 0.25) is 5.78 Å². The fourth-order valence-electron chi connectivity index (χ4n) is 10.2. The summed E-state index contributed by atoms with van der Waals surface area (Å²) in [4.78, 5) is 19.1. The summed E-state index contributed by atoms with van der Waals surface area (Å²) in [5.74, 6) is 1.37. The molecule has 2 heterocycles. The Kier molecular flexibility index (Phi) is 5.60. The SMILES string of the molecule is CC12CCC(O)CC13C=CC1(C(C(=O)c4ccco4)=C3)C2CCC2(C)C1CCC2(O)CSc1nc2ccccc2s1. The standard InChI is InChI=1S/C34H37NO4S2/c1-30-12-9-21(36)18-32(30)15-16-34(22(19-32)28(37)24-7-5-17-39-24)26(30)10-13-31(2)27(34)11-14-33(31,38)20-40-29-35-23-6-3-4-8-25(23)41-29/h3-8,15-17,19,21,26-27,36,38H,9-14,18,20H2,1-2H3. The predicted molar refractivity (Wildman–Crippen MR) is 162 cm³/mol. The van der Waals surface area contributed by atoms with Crippen LogP contribution in [0.1, 0.15) is 69.3 Å². The van der Waals surface area contributed by atoms with E-state index in [0.29, 0.717) is 17.9 Å². The largest absolute Gasteiger partial charge is 0.461 e. The fourth-order valence-corrected chi connectivity index (χ4v) is 12.6. The molecule has 6 aliphatic rings. The number of aliphatic hydroxyl groups excluding tert-OH is 1. The third kappa shape index (κ3) is 3.32. The molecule has 2 aromatic heterocycles. The van der Waals surface area contributed by atoms with Crippen LogP contribution < -0.4 is 0 Å². The van der Waals surface area contributed by atoms with Gasteiger partial charge in [0.05, 0.1) is 28.2 Å². The molecule has 0 saturated heterocycles. The molecule has 0 aliphatic heterocycles. The molecule has 1 aromatic carbocycles. The van der Waals surface area contributed by atoms with Crippen molar-refractivity contribution in [2.24, 2.45) is 33.5 Å².